The van der Waals surface area contributed by atoms with Crippen LogP contribution in [0.3, 0.4) is 0 Å². The van der Waals surface area contributed by atoms with Gasteiger partial charge in [0.05, 0.1) is 29.8 Å². The van der Waals surface area contributed by atoms with Crippen LogP contribution in [0.4, 0.5) is 10.5 Å². The second-order valence-electron chi connectivity index (χ2n) is 5.67. The number of urea groups is 1. The Kier molecular flexibility index (Phi) is 6.61. The highest BCUT2D eigenvalue weighted by Crippen LogP contribution is 2.26. The van der Waals surface area contributed by atoms with Crippen LogP contribution in [0, 0.1) is 0 Å². The van der Waals surface area contributed by atoms with Crippen molar-refractivity contribution < 1.29 is 17.9 Å². The Balaban J connectivity index is 1.57. The maximum absolute atomic E-state index is 12.6. The molecule has 0 atom stereocenters. The first-order valence-electron chi connectivity index (χ1n) is 8.03. The van der Waals surface area contributed by atoms with Gasteiger partial charge < -0.3 is 15.4 Å². The lowest BCUT2D eigenvalue weighted by molar-refractivity contribution is 0.0731. The fourth-order valence-electron chi connectivity index (χ4n) is 2.42. The third kappa shape index (κ3) is 5.13. The van der Waals surface area contributed by atoms with Crippen molar-refractivity contribution in [1.82, 2.24) is 9.62 Å². The second kappa shape index (κ2) is 8.76. The average Bonchev–Trinajstić information content (AvgIpc) is 3.14. The molecule has 0 bridgehead atoms. The highest BCUT2D eigenvalue weighted by atomic mass is 35.5. The van der Waals surface area contributed by atoms with Crippen molar-refractivity contribution >= 4 is 56.3 Å². The van der Waals surface area contributed by atoms with Gasteiger partial charge >= 0.3 is 6.03 Å². The Labute approximate surface area is 171 Å². The third-order valence-corrected chi connectivity index (χ3v) is 7.99. The molecule has 2 N–H and O–H groups in total. The molecule has 1 aromatic carbocycles. The quantitative estimate of drug-likeness (QED) is 0.731. The first-order chi connectivity index (χ1) is 12.9. The summed E-state index contributed by atoms with van der Waals surface area (Å²) >= 11 is 12.9. The standard InChI is InChI=1S/C16H17Cl2N3O4S2/c17-13-3-1-11(9-14(13)18)20-16(22)19-10-12-2-4-15(26-12)27(23,24)21-5-7-25-8-6-21/h1-4,9H,5-8,10H2,(H2,19,20,22). The van der Waals surface area contributed by atoms with Crippen LogP contribution in [0.25, 0.3) is 0 Å². The summed E-state index contributed by atoms with van der Waals surface area (Å²) in [4.78, 5) is 12.7. The average molecular weight is 450 g/mol. The van der Waals surface area contributed by atoms with Crippen molar-refractivity contribution in [3.8, 4) is 0 Å². The van der Waals surface area contributed by atoms with E-state index in [-0.39, 0.29) is 10.8 Å². The second-order valence-corrected chi connectivity index (χ2v) is 9.82. The third-order valence-electron chi connectivity index (χ3n) is 3.80. The van der Waals surface area contributed by atoms with Crippen LogP contribution in [-0.2, 0) is 21.3 Å². The molecule has 0 aliphatic carbocycles. The molecular formula is C16H17Cl2N3O4S2. The van der Waals surface area contributed by atoms with Crippen molar-refractivity contribution in [3.63, 3.8) is 0 Å². The van der Waals surface area contributed by atoms with Crippen LogP contribution in [0.2, 0.25) is 10.0 Å². The summed E-state index contributed by atoms with van der Waals surface area (Å²) in [7, 11) is -3.52. The maximum atomic E-state index is 12.6. The van der Waals surface area contributed by atoms with Crippen molar-refractivity contribution in [1.29, 1.82) is 0 Å². The van der Waals surface area contributed by atoms with Crippen LogP contribution in [-0.4, -0.2) is 45.1 Å². The van der Waals surface area contributed by atoms with Crippen molar-refractivity contribution in [2.45, 2.75) is 10.8 Å². The van der Waals surface area contributed by atoms with Crippen LogP contribution < -0.4 is 10.6 Å². The summed E-state index contributed by atoms with van der Waals surface area (Å²) in [5.74, 6) is 0. The van der Waals surface area contributed by atoms with E-state index in [0.29, 0.717) is 42.0 Å². The van der Waals surface area contributed by atoms with Gasteiger partial charge in [0, 0.05) is 23.7 Å². The van der Waals surface area contributed by atoms with E-state index in [0.717, 1.165) is 16.2 Å². The molecular weight excluding hydrogens is 433 g/mol. The molecule has 0 saturated carbocycles. The number of rotatable bonds is 5. The monoisotopic (exact) mass is 449 g/mol. The zero-order chi connectivity index (χ0) is 19.4. The predicted octanol–water partition coefficient (Wildman–Crippen LogP) is 3.40. The van der Waals surface area contributed by atoms with Gasteiger partial charge in [-0.25, -0.2) is 13.2 Å². The molecule has 1 saturated heterocycles. The summed E-state index contributed by atoms with van der Waals surface area (Å²) in [6, 6.07) is 7.58. The van der Waals surface area contributed by atoms with Gasteiger partial charge in [0.2, 0.25) is 0 Å². The molecule has 27 heavy (non-hydrogen) atoms. The number of sulfonamides is 1. The van der Waals surface area contributed by atoms with E-state index in [2.05, 4.69) is 10.6 Å². The van der Waals surface area contributed by atoms with Gasteiger partial charge in [0.1, 0.15) is 4.21 Å². The van der Waals surface area contributed by atoms with Crippen molar-refractivity contribution in [3.05, 3.63) is 45.3 Å². The fraction of sp³-hybridized carbons (Fsp3) is 0.312. The van der Waals surface area contributed by atoms with Gasteiger partial charge in [-0.3, -0.25) is 0 Å². The first-order valence-corrected chi connectivity index (χ1v) is 11.0. The molecule has 1 aliphatic rings. The number of nitrogens with one attached hydrogen (secondary N) is 2. The number of amides is 2. The Morgan fingerprint density at radius 3 is 2.59 bits per heavy atom. The molecule has 146 valence electrons. The zero-order valence-corrected chi connectivity index (χ0v) is 17.2. The number of carbonyl (C=O) groups excluding carboxylic acids is 1. The number of carbonyl (C=O) groups is 1. The van der Waals surface area contributed by atoms with E-state index < -0.39 is 16.1 Å². The molecule has 2 aromatic rings. The number of hydrogen-bond donors (Lipinski definition) is 2. The highest BCUT2D eigenvalue weighted by Gasteiger charge is 2.27. The number of thiophene rings is 1. The minimum atomic E-state index is -3.52. The molecule has 1 aliphatic heterocycles. The lowest BCUT2D eigenvalue weighted by Crippen LogP contribution is -2.40. The van der Waals surface area contributed by atoms with E-state index in [1.54, 1.807) is 30.3 Å². The maximum Gasteiger partial charge on any atom is 0.319 e. The van der Waals surface area contributed by atoms with Crippen molar-refractivity contribution in [2.24, 2.45) is 0 Å². The smallest absolute Gasteiger partial charge is 0.319 e. The van der Waals surface area contributed by atoms with E-state index >= 15 is 0 Å². The number of nitrogens with zero attached hydrogens (tertiary/aromatic N) is 1. The number of morpholine rings is 1. The van der Waals surface area contributed by atoms with Crippen LogP contribution >= 0.6 is 34.5 Å². The Bertz CT molecular complexity index is 927. The molecule has 7 nitrogen and oxygen atoms in total. The number of hydrogen-bond acceptors (Lipinski definition) is 5. The molecule has 0 radical (unpaired) electrons. The molecule has 0 unspecified atom stereocenters. The Morgan fingerprint density at radius 2 is 1.89 bits per heavy atom. The SMILES string of the molecule is O=C(NCc1ccc(S(=O)(=O)N2CCOCC2)s1)Nc1ccc(Cl)c(Cl)c1. The Morgan fingerprint density at radius 1 is 1.15 bits per heavy atom. The largest absolute Gasteiger partial charge is 0.379 e. The number of halogens is 2. The van der Waals surface area contributed by atoms with Gasteiger partial charge in [-0.1, -0.05) is 23.2 Å². The molecule has 1 fully saturated rings. The number of anilines is 1. The van der Waals surface area contributed by atoms with Crippen molar-refractivity contribution in [2.75, 3.05) is 31.6 Å². The minimum absolute atomic E-state index is 0.205. The minimum Gasteiger partial charge on any atom is -0.379 e. The summed E-state index contributed by atoms with van der Waals surface area (Å²) in [6.45, 7) is 1.69. The van der Waals surface area contributed by atoms with Crippen LogP contribution in [0.1, 0.15) is 4.88 Å². The zero-order valence-electron chi connectivity index (χ0n) is 14.1. The van der Waals surface area contributed by atoms with Gasteiger partial charge in [-0.2, -0.15) is 4.31 Å². The summed E-state index contributed by atoms with van der Waals surface area (Å²) in [6.07, 6.45) is 0. The molecule has 11 heteroatoms. The summed E-state index contributed by atoms with van der Waals surface area (Å²) in [5.41, 5.74) is 0.503. The van der Waals surface area contributed by atoms with Crippen LogP contribution in [0.15, 0.2) is 34.5 Å². The Hall–Kier alpha value is -1.36. The van der Waals surface area contributed by atoms with E-state index in [1.807, 2.05) is 0 Å². The first kappa shape index (κ1) is 20.4. The number of benzene rings is 1. The molecule has 1 aromatic heterocycles. The normalized spacial score (nSPS) is 15.5. The fourth-order valence-corrected chi connectivity index (χ4v) is 5.58. The predicted molar refractivity (Wildman–Crippen MR) is 106 cm³/mol. The van der Waals surface area contributed by atoms with Gasteiger partial charge in [-0.15, -0.1) is 11.3 Å². The molecule has 3 rings (SSSR count). The summed E-state index contributed by atoms with van der Waals surface area (Å²) < 4.78 is 32.1. The number of ether oxygens (including phenoxy) is 1. The van der Waals surface area contributed by atoms with E-state index in [4.69, 9.17) is 27.9 Å². The molecule has 2 amide bonds. The van der Waals surface area contributed by atoms with Crippen LogP contribution in [0.5, 0.6) is 0 Å². The summed E-state index contributed by atoms with van der Waals surface area (Å²) in [5, 5.41) is 6.06. The topological polar surface area (TPSA) is 87.7 Å². The highest BCUT2D eigenvalue weighted by molar-refractivity contribution is 7.91. The molecule has 0 spiro atoms. The van der Waals surface area contributed by atoms with E-state index in [1.165, 1.54) is 4.31 Å². The van der Waals surface area contributed by atoms with Gasteiger partial charge in [0.15, 0.2) is 0 Å². The van der Waals surface area contributed by atoms with Gasteiger partial charge in [-0.05, 0) is 30.3 Å². The lowest BCUT2D eigenvalue weighted by atomic mass is 10.3. The van der Waals surface area contributed by atoms with Gasteiger partial charge in [0.25, 0.3) is 10.0 Å². The van der Waals surface area contributed by atoms with E-state index in [9.17, 15) is 13.2 Å². The lowest BCUT2D eigenvalue weighted by Gasteiger charge is -2.25. The molecule has 2 heterocycles.